The molecule has 3 nitrogen and oxygen atoms in total. The summed E-state index contributed by atoms with van der Waals surface area (Å²) in [5.41, 5.74) is 17.7. The van der Waals surface area contributed by atoms with Crippen molar-refractivity contribution in [2.24, 2.45) is 5.73 Å². The number of para-hydroxylation sites is 1. The molecule has 1 aliphatic heterocycles. The van der Waals surface area contributed by atoms with Crippen molar-refractivity contribution >= 4 is 11.3 Å². The Hall–Kier alpha value is -5.77. The Morgan fingerprint density at radius 1 is 0.720 bits per heavy atom. The third-order valence-electron chi connectivity index (χ3n) is 10.2. The predicted molar refractivity (Wildman–Crippen MR) is 207 cm³/mol. The van der Waals surface area contributed by atoms with Gasteiger partial charge in [-0.25, -0.2) is 0 Å². The maximum Gasteiger partial charge on any atom is 0.132 e. The van der Waals surface area contributed by atoms with Crippen molar-refractivity contribution in [2.75, 3.05) is 0 Å². The lowest BCUT2D eigenvalue weighted by molar-refractivity contribution is 0.435. The third-order valence-corrected chi connectivity index (χ3v) is 10.2. The molecule has 1 unspecified atom stereocenters. The summed E-state index contributed by atoms with van der Waals surface area (Å²) < 4.78 is 6.74. The van der Waals surface area contributed by atoms with Crippen molar-refractivity contribution in [3.05, 3.63) is 209 Å². The molecule has 0 radical (unpaired) electrons. The Morgan fingerprint density at radius 3 is 2.18 bits per heavy atom. The van der Waals surface area contributed by atoms with E-state index in [9.17, 15) is 0 Å². The minimum absolute atomic E-state index is 0.200. The van der Waals surface area contributed by atoms with E-state index in [-0.39, 0.29) is 6.04 Å². The Kier molecular flexibility index (Phi) is 8.58. The van der Waals surface area contributed by atoms with E-state index in [1.807, 2.05) is 18.2 Å². The highest BCUT2D eigenvalue weighted by molar-refractivity contribution is 6.08. The van der Waals surface area contributed by atoms with Crippen molar-refractivity contribution in [1.29, 1.82) is 5.41 Å². The van der Waals surface area contributed by atoms with E-state index in [1.54, 1.807) is 0 Å². The Balaban J connectivity index is 1.22. The van der Waals surface area contributed by atoms with E-state index < -0.39 is 5.41 Å². The summed E-state index contributed by atoms with van der Waals surface area (Å²) in [5.74, 6) is 1.73. The van der Waals surface area contributed by atoms with Gasteiger partial charge in [0.1, 0.15) is 11.5 Å². The molecule has 0 saturated carbocycles. The molecule has 0 fully saturated rings. The average molecular weight is 649 g/mol. The lowest BCUT2D eigenvalue weighted by Gasteiger charge is -2.42. The normalized spacial score (nSPS) is 16.7. The van der Waals surface area contributed by atoms with Crippen LogP contribution in [0, 0.1) is 5.41 Å². The molecule has 5 aromatic carbocycles. The molecular weight excluding hydrogens is 609 g/mol. The minimum Gasteiger partial charge on any atom is -0.457 e. The van der Waals surface area contributed by atoms with Crippen molar-refractivity contribution in [1.82, 2.24) is 0 Å². The quantitative estimate of drug-likeness (QED) is 0.161. The predicted octanol–water partition coefficient (Wildman–Crippen LogP) is 11.1. The molecule has 244 valence electrons. The van der Waals surface area contributed by atoms with Gasteiger partial charge in [-0.15, -0.1) is 0 Å². The fourth-order valence-electron chi connectivity index (χ4n) is 7.79. The van der Waals surface area contributed by atoms with Crippen LogP contribution in [-0.4, -0.2) is 11.8 Å². The van der Waals surface area contributed by atoms with Gasteiger partial charge in [-0.05, 0) is 101 Å². The van der Waals surface area contributed by atoms with Gasteiger partial charge in [0.05, 0.1) is 11.1 Å². The van der Waals surface area contributed by atoms with Crippen molar-refractivity contribution < 1.29 is 4.74 Å². The molecular formula is C47H40N2O. The van der Waals surface area contributed by atoms with Crippen molar-refractivity contribution in [3.63, 3.8) is 0 Å². The molecule has 5 aromatic rings. The van der Waals surface area contributed by atoms with Gasteiger partial charge in [-0.1, -0.05) is 140 Å². The molecule has 0 amide bonds. The van der Waals surface area contributed by atoms with E-state index in [2.05, 4.69) is 152 Å². The van der Waals surface area contributed by atoms with Crippen LogP contribution in [0.15, 0.2) is 181 Å². The molecule has 3 aliphatic rings. The fourth-order valence-corrected chi connectivity index (χ4v) is 7.79. The summed E-state index contributed by atoms with van der Waals surface area (Å²) in [6, 6.07) is 45.1. The maximum absolute atomic E-state index is 8.90. The second-order valence-electron chi connectivity index (χ2n) is 13.2. The summed E-state index contributed by atoms with van der Waals surface area (Å²) >= 11 is 0. The number of hydrogen-bond acceptors (Lipinski definition) is 3. The lowest BCUT2D eigenvalue weighted by atomic mass is 9.62. The summed E-state index contributed by atoms with van der Waals surface area (Å²) in [4.78, 5) is 0. The van der Waals surface area contributed by atoms with Crippen LogP contribution in [0.2, 0.25) is 0 Å². The number of ether oxygens (including phenoxy) is 1. The molecule has 1 atom stereocenters. The standard InChI is InChI=1S/C47H40N2O/c48-42(33-15-4-1-5-16-33)29-30-43(49)37-20-13-18-35(32-37)34-17-12-19-36(31-34)40-25-14-28-45-46(40)47(38-21-6-2-7-22-38,39-23-8-3-9-24-39)41-26-10-11-27-44(41)50-45/h2-4,6-12,14-19,21-32,42,49H,1,5,13,20,48H2/b30-29-,49-43?. The summed E-state index contributed by atoms with van der Waals surface area (Å²) in [5, 5.41) is 8.90. The van der Waals surface area contributed by atoms with Crippen LogP contribution in [0.3, 0.4) is 0 Å². The smallest absolute Gasteiger partial charge is 0.132 e. The first-order valence-corrected chi connectivity index (χ1v) is 17.6. The molecule has 0 spiro atoms. The van der Waals surface area contributed by atoms with Crippen LogP contribution in [-0.2, 0) is 5.41 Å². The Morgan fingerprint density at radius 2 is 1.42 bits per heavy atom. The Labute approximate surface area is 295 Å². The minimum atomic E-state index is -0.609. The first kappa shape index (κ1) is 31.5. The second-order valence-corrected chi connectivity index (χ2v) is 13.2. The van der Waals surface area contributed by atoms with Crippen LogP contribution in [0.4, 0.5) is 0 Å². The first-order chi connectivity index (χ1) is 24.6. The summed E-state index contributed by atoms with van der Waals surface area (Å²) in [6.07, 6.45) is 18.6. The molecule has 8 rings (SSSR count). The summed E-state index contributed by atoms with van der Waals surface area (Å²) in [7, 11) is 0. The lowest BCUT2D eigenvalue weighted by Crippen LogP contribution is -2.34. The van der Waals surface area contributed by atoms with E-state index in [0.717, 1.165) is 81.7 Å². The first-order valence-electron chi connectivity index (χ1n) is 17.6. The van der Waals surface area contributed by atoms with E-state index in [1.165, 1.54) is 11.1 Å². The van der Waals surface area contributed by atoms with Gasteiger partial charge < -0.3 is 15.9 Å². The van der Waals surface area contributed by atoms with E-state index in [4.69, 9.17) is 15.9 Å². The van der Waals surface area contributed by atoms with Gasteiger partial charge in [-0.3, -0.25) is 0 Å². The SMILES string of the molecule is N=C(/C=C\C(N)C1=CCCC=C1)C1=CC(c2cccc(-c3cccc4c3C(c3ccccc3)(c3ccccc3)c3ccccc3O4)c2)=CCC1. The topological polar surface area (TPSA) is 59.1 Å². The molecule has 3 N–H and O–H groups in total. The van der Waals surface area contributed by atoms with Gasteiger partial charge in [0.2, 0.25) is 0 Å². The van der Waals surface area contributed by atoms with Crippen molar-refractivity contribution in [3.8, 4) is 22.6 Å². The largest absolute Gasteiger partial charge is 0.457 e. The van der Waals surface area contributed by atoms with Crippen LogP contribution in [0.5, 0.6) is 11.5 Å². The van der Waals surface area contributed by atoms with Crippen molar-refractivity contribution in [2.45, 2.75) is 37.1 Å². The molecule has 0 bridgehead atoms. The highest BCUT2D eigenvalue weighted by Crippen LogP contribution is 2.57. The molecule has 50 heavy (non-hydrogen) atoms. The number of fused-ring (bicyclic) bond motifs is 2. The zero-order valence-electron chi connectivity index (χ0n) is 28.1. The van der Waals surface area contributed by atoms with Crippen LogP contribution < -0.4 is 10.5 Å². The zero-order valence-corrected chi connectivity index (χ0v) is 28.1. The molecule has 0 saturated heterocycles. The van der Waals surface area contributed by atoms with Crippen LogP contribution in [0.25, 0.3) is 16.7 Å². The monoisotopic (exact) mass is 648 g/mol. The maximum atomic E-state index is 8.90. The molecule has 0 aromatic heterocycles. The molecule has 1 heterocycles. The Bertz CT molecular complexity index is 2180. The number of rotatable bonds is 8. The van der Waals surface area contributed by atoms with Gasteiger partial charge in [0.25, 0.3) is 0 Å². The number of benzene rings is 5. The van der Waals surface area contributed by atoms with Gasteiger partial charge in [-0.2, -0.15) is 0 Å². The highest BCUT2D eigenvalue weighted by atomic mass is 16.5. The number of hydrogen-bond donors (Lipinski definition) is 2. The van der Waals surface area contributed by atoms with E-state index >= 15 is 0 Å². The van der Waals surface area contributed by atoms with Gasteiger partial charge >= 0.3 is 0 Å². The van der Waals surface area contributed by atoms with E-state index in [0.29, 0.717) is 5.71 Å². The van der Waals surface area contributed by atoms with Crippen LogP contribution >= 0.6 is 0 Å². The molecule has 2 aliphatic carbocycles. The fraction of sp³-hybridized carbons (Fsp3) is 0.128. The highest BCUT2D eigenvalue weighted by Gasteiger charge is 2.46. The van der Waals surface area contributed by atoms with Gasteiger partial charge in [0, 0.05) is 17.2 Å². The number of allylic oxidation sites excluding steroid dienone is 7. The van der Waals surface area contributed by atoms with Crippen LogP contribution in [0.1, 0.15) is 53.5 Å². The summed E-state index contributed by atoms with van der Waals surface area (Å²) in [6.45, 7) is 0. The second kappa shape index (κ2) is 13.6. The third kappa shape index (κ3) is 5.70. The number of nitrogens with two attached hydrogens (primary N) is 1. The van der Waals surface area contributed by atoms with Gasteiger partial charge in [0.15, 0.2) is 0 Å². The molecule has 3 heteroatoms. The average Bonchev–Trinajstić information content (AvgIpc) is 3.19. The number of nitrogens with one attached hydrogen (secondary N) is 1. The zero-order chi connectivity index (χ0) is 33.9.